The van der Waals surface area contributed by atoms with Gasteiger partial charge in [-0.05, 0) is 36.6 Å². The van der Waals surface area contributed by atoms with Crippen molar-refractivity contribution in [2.75, 3.05) is 12.8 Å². The van der Waals surface area contributed by atoms with E-state index < -0.39 is 0 Å². The summed E-state index contributed by atoms with van der Waals surface area (Å²) in [6, 6.07) is 3.72. The molecule has 0 aliphatic rings. The SMILES string of the molecule is CCc1cc(N)c(C)c(C(=O)OC)c1. The van der Waals surface area contributed by atoms with Crippen molar-refractivity contribution in [2.24, 2.45) is 0 Å². The smallest absolute Gasteiger partial charge is 0.338 e. The summed E-state index contributed by atoms with van der Waals surface area (Å²) in [5.74, 6) is -0.329. The molecule has 1 aromatic carbocycles. The highest BCUT2D eigenvalue weighted by Gasteiger charge is 2.12. The van der Waals surface area contributed by atoms with Gasteiger partial charge in [0.05, 0.1) is 12.7 Å². The highest BCUT2D eigenvalue weighted by atomic mass is 16.5. The van der Waals surface area contributed by atoms with Crippen LogP contribution in [-0.2, 0) is 11.2 Å². The summed E-state index contributed by atoms with van der Waals surface area (Å²) in [5.41, 5.74) is 8.82. The standard InChI is InChI=1S/C11H15NO2/c1-4-8-5-9(11(13)14-3)7(2)10(12)6-8/h5-6H,4,12H2,1-3H3. The zero-order valence-corrected chi connectivity index (χ0v) is 8.76. The van der Waals surface area contributed by atoms with E-state index >= 15 is 0 Å². The van der Waals surface area contributed by atoms with E-state index in [4.69, 9.17) is 5.73 Å². The van der Waals surface area contributed by atoms with Crippen LogP contribution in [0.1, 0.15) is 28.4 Å². The van der Waals surface area contributed by atoms with E-state index in [-0.39, 0.29) is 5.97 Å². The molecule has 0 radical (unpaired) electrons. The predicted octanol–water partition coefficient (Wildman–Crippen LogP) is 1.93. The molecule has 3 nitrogen and oxygen atoms in total. The van der Waals surface area contributed by atoms with Crippen LogP contribution in [0.15, 0.2) is 12.1 Å². The number of benzene rings is 1. The average Bonchev–Trinajstić information content (AvgIpc) is 2.20. The zero-order valence-electron chi connectivity index (χ0n) is 8.76. The second kappa shape index (κ2) is 4.13. The van der Waals surface area contributed by atoms with E-state index in [0.29, 0.717) is 11.3 Å². The van der Waals surface area contributed by atoms with Crippen molar-refractivity contribution < 1.29 is 9.53 Å². The molecular weight excluding hydrogens is 178 g/mol. The molecule has 0 atom stereocenters. The van der Waals surface area contributed by atoms with Gasteiger partial charge in [0, 0.05) is 5.69 Å². The van der Waals surface area contributed by atoms with Gasteiger partial charge >= 0.3 is 5.97 Å². The van der Waals surface area contributed by atoms with Crippen molar-refractivity contribution in [1.29, 1.82) is 0 Å². The molecule has 14 heavy (non-hydrogen) atoms. The number of anilines is 1. The van der Waals surface area contributed by atoms with Gasteiger partial charge in [-0.15, -0.1) is 0 Å². The first kappa shape index (κ1) is 10.6. The number of carbonyl (C=O) groups is 1. The third-order valence-electron chi connectivity index (χ3n) is 2.32. The summed E-state index contributed by atoms with van der Waals surface area (Å²) in [7, 11) is 1.37. The molecule has 0 saturated carbocycles. The Balaban J connectivity index is 3.27. The maximum Gasteiger partial charge on any atom is 0.338 e. The van der Waals surface area contributed by atoms with Crippen LogP contribution >= 0.6 is 0 Å². The first-order valence-electron chi connectivity index (χ1n) is 4.57. The second-order valence-corrected chi connectivity index (χ2v) is 3.20. The van der Waals surface area contributed by atoms with Gasteiger partial charge in [-0.3, -0.25) is 0 Å². The Labute approximate surface area is 83.9 Å². The number of ether oxygens (including phenoxy) is 1. The van der Waals surface area contributed by atoms with Crippen LogP contribution in [-0.4, -0.2) is 13.1 Å². The Morgan fingerprint density at radius 1 is 1.50 bits per heavy atom. The molecule has 1 aromatic rings. The van der Waals surface area contributed by atoms with E-state index in [1.165, 1.54) is 7.11 Å². The third-order valence-corrected chi connectivity index (χ3v) is 2.32. The predicted molar refractivity (Wildman–Crippen MR) is 56.3 cm³/mol. The fourth-order valence-electron chi connectivity index (χ4n) is 1.32. The second-order valence-electron chi connectivity index (χ2n) is 3.20. The molecule has 0 aliphatic carbocycles. The topological polar surface area (TPSA) is 52.3 Å². The highest BCUT2D eigenvalue weighted by molar-refractivity contribution is 5.92. The van der Waals surface area contributed by atoms with Gasteiger partial charge in [0.25, 0.3) is 0 Å². The molecule has 1 rings (SSSR count). The lowest BCUT2D eigenvalue weighted by atomic mass is 10.0. The maximum absolute atomic E-state index is 11.4. The monoisotopic (exact) mass is 193 g/mol. The number of hydrogen-bond acceptors (Lipinski definition) is 3. The molecule has 0 spiro atoms. The number of nitrogen functional groups attached to an aromatic ring is 1. The van der Waals surface area contributed by atoms with E-state index in [0.717, 1.165) is 17.5 Å². The minimum Gasteiger partial charge on any atom is -0.465 e. The van der Waals surface area contributed by atoms with E-state index in [2.05, 4.69) is 4.74 Å². The molecule has 0 amide bonds. The molecule has 0 unspecified atom stereocenters. The Morgan fingerprint density at radius 2 is 2.14 bits per heavy atom. The molecule has 0 heterocycles. The Kier molecular flexibility index (Phi) is 3.12. The lowest BCUT2D eigenvalue weighted by Crippen LogP contribution is -2.07. The van der Waals surface area contributed by atoms with Crippen molar-refractivity contribution in [2.45, 2.75) is 20.3 Å². The van der Waals surface area contributed by atoms with Gasteiger partial charge in [0.15, 0.2) is 0 Å². The molecule has 0 bridgehead atoms. The average molecular weight is 193 g/mol. The minimum absolute atomic E-state index is 0.329. The summed E-state index contributed by atoms with van der Waals surface area (Å²) in [6.45, 7) is 3.84. The molecule has 0 aliphatic heterocycles. The summed E-state index contributed by atoms with van der Waals surface area (Å²) >= 11 is 0. The molecule has 2 N–H and O–H groups in total. The van der Waals surface area contributed by atoms with Gasteiger partial charge in [-0.1, -0.05) is 6.92 Å². The van der Waals surface area contributed by atoms with Crippen molar-refractivity contribution in [1.82, 2.24) is 0 Å². The van der Waals surface area contributed by atoms with Crippen LogP contribution in [0.3, 0.4) is 0 Å². The first-order valence-corrected chi connectivity index (χ1v) is 4.57. The summed E-state index contributed by atoms with van der Waals surface area (Å²) in [6.07, 6.45) is 0.856. The third kappa shape index (κ3) is 1.87. The minimum atomic E-state index is -0.329. The van der Waals surface area contributed by atoms with Gasteiger partial charge in [0.1, 0.15) is 0 Å². The van der Waals surface area contributed by atoms with Crippen LogP contribution in [0.2, 0.25) is 0 Å². The molecule has 0 saturated heterocycles. The van der Waals surface area contributed by atoms with Gasteiger partial charge in [-0.25, -0.2) is 4.79 Å². The number of aryl methyl sites for hydroxylation is 1. The number of methoxy groups -OCH3 is 1. The lowest BCUT2D eigenvalue weighted by molar-refractivity contribution is 0.0600. The van der Waals surface area contributed by atoms with Crippen LogP contribution in [0.5, 0.6) is 0 Å². The largest absolute Gasteiger partial charge is 0.465 e. The molecule has 3 heteroatoms. The van der Waals surface area contributed by atoms with Crippen LogP contribution in [0, 0.1) is 6.92 Å². The van der Waals surface area contributed by atoms with Crippen molar-refractivity contribution in [3.05, 3.63) is 28.8 Å². The molecular formula is C11H15NO2. The zero-order chi connectivity index (χ0) is 10.7. The van der Waals surface area contributed by atoms with Crippen molar-refractivity contribution in [3.63, 3.8) is 0 Å². The quantitative estimate of drug-likeness (QED) is 0.576. The van der Waals surface area contributed by atoms with Gasteiger partial charge in [0.2, 0.25) is 0 Å². The van der Waals surface area contributed by atoms with Gasteiger partial charge < -0.3 is 10.5 Å². The normalized spacial score (nSPS) is 9.93. The number of nitrogens with two attached hydrogens (primary N) is 1. The Bertz CT molecular complexity index is 359. The number of rotatable bonds is 2. The summed E-state index contributed by atoms with van der Waals surface area (Å²) in [5, 5.41) is 0. The Hall–Kier alpha value is -1.51. The molecule has 76 valence electrons. The first-order chi connectivity index (χ1) is 6.60. The lowest BCUT2D eigenvalue weighted by Gasteiger charge is -2.09. The number of esters is 1. The van der Waals surface area contributed by atoms with Crippen LogP contribution in [0.4, 0.5) is 5.69 Å². The van der Waals surface area contributed by atoms with E-state index in [1.54, 1.807) is 0 Å². The van der Waals surface area contributed by atoms with Crippen LogP contribution in [0.25, 0.3) is 0 Å². The fraction of sp³-hybridized carbons (Fsp3) is 0.364. The fourth-order valence-corrected chi connectivity index (χ4v) is 1.32. The number of carbonyl (C=O) groups excluding carboxylic acids is 1. The molecule has 0 aromatic heterocycles. The van der Waals surface area contributed by atoms with Crippen molar-refractivity contribution >= 4 is 11.7 Å². The summed E-state index contributed by atoms with van der Waals surface area (Å²) in [4.78, 5) is 11.4. The van der Waals surface area contributed by atoms with Crippen molar-refractivity contribution in [3.8, 4) is 0 Å². The van der Waals surface area contributed by atoms with Gasteiger partial charge in [-0.2, -0.15) is 0 Å². The number of hydrogen-bond donors (Lipinski definition) is 1. The maximum atomic E-state index is 11.4. The molecule has 0 fully saturated rings. The Morgan fingerprint density at radius 3 is 2.64 bits per heavy atom. The van der Waals surface area contributed by atoms with E-state index in [9.17, 15) is 4.79 Å². The summed E-state index contributed by atoms with van der Waals surface area (Å²) < 4.78 is 4.68. The highest BCUT2D eigenvalue weighted by Crippen LogP contribution is 2.20. The van der Waals surface area contributed by atoms with E-state index in [1.807, 2.05) is 26.0 Å². The van der Waals surface area contributed by atoms with Crippen LogP contribution < -0.4 is 5.73 Å².